The van der Waals surface area contributed by atoms with Crippen molar-refractivity contribution in [3.63, 3.8) is 0 Å². The summed E-state index contributed by atoms with van der Waals surface area (Å²) in [5.74, 6) is -2.46. The Morgan fingerprint density at radius 3 is 2.22 bits per heavy atom. The maximum atomic E-state index is 14.5. The van der Waals surface area contributed by atoms with Crippen LogP contribution in [0.25, 0.3) is 0 Å². The minimum atomic E-state index is -2.84. The Kier molecular flexibility index (Phi) is 7.44. The molecule has 2 heterocycles. The lowest BCUT2D eigenvalue weighted by Crippen LogP contribution is -2.51. The minimum Gasteiger partial charge on any atom is -0.473 e. The van der Waals surface area contributed by atoms with Crippen molar-refractivity contribution in [2.75, 3.05) is 24.5 Å². The Morgan fingerprint density at radius 1 is 0.892 bits per heavy atom. The molecule has 2 fully saturated rings. The molecule has 1 aromatic heterocycles. The summed E-state index contributed by atoms with van der Waals surface area (Å²) in [4.78, 5) is 19.3. The van der Waals surface area contributed by atoms with Gasteiger partial charge < -0.3 is 9.47 Å². The van der Waals surface area contributed by atoms with E-state index in [2.05, 4.69) is 4.98 Å². The largest absolute Gasteiger partial charge is 0.473 e. The van der Waals surface area contributed by atoms with Crippen molar-refractivity contribution in [2.24, 2.45) is 0 Å². The van der Waals surface area contributed by atoms with Crippen LogP contribution in [-0.4, -0.2) is 46.7 Å². The van der Waals surface area contributed by atoms with Gasteiger partial charge >= 0.3 is 5.92 Å². The van der Waals surface area contributed by atoms with Gasteiger partial charge in [0, 0.05) is 18.9 Å². The molecule has 1 saturated carbocycles. The van der Waals surface area contributed by atoms with E-state index in [1.54, 1.807) is 21.6 Å². The molecule has 1 saturated heterocycles. The van der Waals surface area contributed by atoms with Gasteiger partial charge in [0.05, 0.1) is 6.54 Å². The molecule has 2 aliphatic rings. The predicted molar refractivity (Wildman–Crippen MR) is 137 cm³/mol. The summed E-state index contributed by atoms with van der Waals surface area (Å²) in [6, 6.07) is 22.9. The molecule has 192 valence electrons. The first-order valence-corrected chi connectivity index (χ1v) is 12.6. The molecule has 0 bridgehead atoms. The number of amides is 1. The van der Waals surface area contributed by atoms with E-state index in [9.17, 15) is 13.6 Å². The van der Waals surface area contributed by atoms with Crippen molar-refractivity contribution in [1.29, 1.82) is 0 Å². The van der Waals surface area contributed by atoms with Gasteiger partial charge in [-0.05, 0) is 30.0 Å². The van der Waals surface area contributed by atoms with Crippen molar-refractivity contribution < 1.29 is 27.6 Å². The van der Waals surface area contributed by atoms with E-state index in [0.29, 0.717) is 37.6 Å². The Balaban J connectivity index is 1.37. The molecule has 0 atom stereocenters. The molecule has 2 aromatic carbocycles. The molecule has 3 aromatic rings. The second kappa shape index (κ2) is 11.1. The van der Waals surface area contributed by atoms with Gasteiger partial charge in [0.15, 0.2) is 6.54 Å². The molecular formula is C29H30F2N3O3+. The number of benzene rings is 2. The lowest BCUT2D eigenvalue weighted by atomic mass is 9.94. The third-order valence-electron chi connectivity index (χ3n) is 6.73. The Hall–Kier alpha value is -3.81. The van der Waals surface area contributed by atoms with Crippen molar-refractivity contribution in [3.8, 4) is 11.8 Å². The Morgan fingerprint density at radius 2 is 1.57 bits per heavy atom. The molecule has 37 heavy (non-hydrogen) atoms. The highest BCUT2D eigenvalue weighted by Crippen LogP contribution is 2.33. The van der Waals surface area contributed by atoms with Gasteiger partial charge in [-0.15, -0.1) is 0 Å². The Labute approximate surface area is 215 Å². The fourth-order valence-corrected chi connectivity index (χ4v) is 4.78. The third-order valence-corrected chi connectivity index (χ3v) is 6.73. The quantitative estimate of drug-likeness (QED) is 0.411. The third kappa shape index (κ3) is 5.96. The summed E-state index contributed by atoms with van der Waals surface area (Å²) in [6.07, 6.45) is 1.42. The average molecular weight is 507 g/mol. The number of aromatic nitrogens is 1. The highest BCUT2D eigenvalue weighted by Gasteiger charge is 2.46. The van der Waals surface area contributed by atoms with Crippen molar-refractivity contribution in [2.45, 2.75) is 44.8 Å². The molecule has 0 spiro atoms. The van der Waals surface area contributed by atoms with Crippen LogP contribution in [0.4, 0.5) is 14.5 Å². The topological polar surface area (TPSA) is 54.7 Å². The van der Waals surface area contributed by atoms with Crippen LogP contribution in [0.3, 0.4) is 0 Å². The molecule has 0 unspecified atom stereocenters. The van der Waals surface area contributed by atoms with Gasteiger partial charge in [-0.3, -0.25) is 9.69 Å². The standard InChI is InChI=1S/C29H30F2N3O3/c30-29(31)16-8-7-13-25(29)33-17-18-34(27(35)19-33)24-14-15-26(36-20-22-9-3-1-4-10-22)32-28(24)37-21-23-11-5-2-6-12-23/h1-6,9-12,14-15H,7-8,13,16-21H2/q+1/b33-25+. The zero-order chi connectivity index (χ0) is 25.7. The molecule has 1 aliphatic heterocycles. The number of rotatable bonds is 7. The fraction of sp³-hybridized carbons (Fsp3) is 0.345. The van der Waals surface area contributed by atoms with E-state index in [4.69, 9.17) is 9.47 Å². The number of carbonyl (C=O) groups is 1. The van der Waals surface area contributed by atoms with Crippen LogP contribution in [0.1, 0.15) is 36.8 Å². The van der Waals surface area contributed by atoms with E-state index in [-0.39, 0.29) is 43.6 Å². The number of pyridine rings is 1. The van der Waals surface area contributed by atoms with Gasteiger partial charge in [0.1, 0.15) is 18.9 Å². The monoisotopic (exact) mass is 506 g/mol. The van der Waals surface area contributed by atoms with E-state index < -0.39 is 5.92 Å². The van der Waals surface area contributed by atoms with Gasteiger partial charge in [-0.25, -0.2) is 4.58 Å². The van der Waals surface area contributed by atoms with Crippen molar-refractivity contribution in [1.82, 2.24) is 4.98 Å². The van der Waals surface area contributed by atoms with Crippen molar-refractivity contribution >= 4 is 17.3 Å². The van der Waals surface area contributed by atoms with Crippen LogP contribution in [0.15, 0.2) is 72.8 Å². The van der Waals surface area contributed by atoms with Gasteiger partial charge in [0.25, 0.3) is 5.91 Å². The summed E-state index contributed by atoms with van der Waals surface area (Å²) in [5.41, 5.74) is 2.56. The van der Waals surface area contributed by atoms with E-state index >= 15 is 0 Å². The number of hydrogen-bond donors (Lipinski definition) is 0. The zero-order valence-electron chi connectivity index (χ0n) is 20.6. The lowest BCUT2D eigenvalue weighted by molar-refractivity contribution is -0.525. The highest BCUT2D eigenvalue weighted by atomic mass is 19.3. The van der Waals surface area contributed by atoms with E-state index in [0.717, 1.165) is 17.5 Å². The first-order valence-electron chi connectivity index (χ1n) is 12.6. The van der Waals surface area contributed by atoms with Gasteiger partial charge in [-0.1, -0.05) is 60.7 Å². The minimum absolute atomic E-state index is 0.0880. The molecule has 0 N–H and O–H groups in total. The summed E-state index contributed by atoms with van der Waals surface area (Å²) >= 11 is 0. The summed E-state index contributed by atoms with van der Waals surface area (Å²) in [5, 5.41) is 0. The van der Waals surface area contributed by atoms with Gasteiger partial charge in [0.2, 0.25) is 24.0 Å². The van der Waals surface area contributed by atoms with Crippen LogP contribution in [0.5, 0.6) is 11.8 Å². The number of alkyl halides is 2. The maximum absolute atomic E-state index is 14.5. The maximum Gasteiger partial charge on any atom is 0.325 e. The number of hydrogen-bond acceptors (Lipinski definition) is 4. The molecule has 1 amide bonds. The normalized spacial score (nSPS) is 19.5. The molecular weight excluding hydrogens is 476 g/mol. The second-order valence-corrected chi connectivity index (χ2v) is 9.35. The molecule has 8 heteroatoms. The zero-order valence-corrected chi connectivity index (χ0v) is 20.6. The van der Waals surface area contributed by atoms with E-state index in [1.165, 1.54) is 0 Å². The van der Waals surface area contributed by atoms with Crippen LogP contribution in [0.2, 0.25) is 0 Å². The summed E-state index contributed by atoms with van der Waals surface area (Å²) < 4.78 is 42.6. The van der Waals surface area contributed by atoms with Crippen LogP contribution in [0, 0.1) is 0 Å². The number of nitrogens with zero attached hydrogens (tertiary/aromatic N) is 3. The summed E-state index contributed by atoms with van der Waals surface area (Å²) in [7, 11) is 0. The first-order chi connectivity index (χ1) is 18.0. The number of anilines is 1. The van der Waals surface area contributed by atoms with Crippen molar-refractivity contribution in [3.05, 3.63) is 83.9 Å². The van der Waals surface area contributed by atoms with E-state index in [1.807, 2.05) is 60.7 Å². The van der Waals surface area contributed by atoms with Crippen LogP contribution >= 0.6 is 0 Å². The lowest BCUT2D eigenvalue weighted by Gasteiger charge is -2.29. The molecule has 5 rings (SSSR count). The Bertz CT molecular complexity index is 1270. The predicted octanol–water partition coefficient (Wildman–Crippen LogP) is 5.25. The second-order valence-electron chi connectivity index (χ2n) is 9.35. The first kappa shape index (κ1) is 24.9. The summed E-state index contributed by atoms with van der Waals surface area (Å²) in [6.45, 7) is 1.12. The van der Waals surface area contributed by atoms with Gasteiger partial charge in [-0.2, -0.15) is 13.8 Å². The van der Waals surface area contributed by atoms with Crippen LogP contribution < -0.4 is 14.4 Å². The molecule has 0 radical (unpaired) electrons. The number of halogens is 2. The smallest absolute Gasteiger partial charge is 0.325 e. The molecule has 6 nitrogen and oxygen atoms in total. The van der Waals surface area contributed by atoms with Crippen LogP contribution in [-0.2, 0) is 18.0 Å². The average Bonchev–Trinajstić information content (AvgIpc) is 2.92. The number of carbonyl (C=O) groups excluding carboxylic acids is 1. The molecule has 1 aliphatic carbocycles. The number of ether oxygens (including phenoxy) is 2. The fourth-order valence-electron chi connectivity index (χ4n) is 4.78. The highest BCUT2D eigenvalue weighted by molar-refractivity contribution is 5.97. The number of piperazine rings is 1. The SMILES string of the molecule is O=C1C/[N+](=C2\CCCCC2(F)F)CCN1c1ccc(OCc2ccccc2)nc1OCc1ccccc1.